The summed E-state index contributed by atoms with van der Waals surface area (Å²) in [6, 6.07) is 13.9. The first-order valence-electron chi connectivity index (χ1n) is 7.02. The van der Waals surface area contributed by atoms with Crippen molar-refractivity contribution in [1.82, 2.24) is 4.98 Å². The van der Waals surface area contributed by atoms with E-state index >= 15 is 0 Å². The average molecular weight is 284 g/mol. The Morgan fingerprint density at radius 2 is 1.95 bits per heavy atom. The van der Waals surface area contributed by atoms with Crippen molar-refractivity contribution in [2.75, 3.05) is 11.4 Å². The average Bonchev–Trinajstić information content (AvgIpc) is 2.56. The van der Waals surface area contributed by atoms with E-state index in [2.05, 4.69) is 34.1 Å². The Morgan fingerprint density at radius 1 is 1.19 bits per heavy atom. The first kappa shape index (κ1) is 14.8. The van der Waals surface area contributed by atoms with Gasteiger partial charge in [0, 0.05) is 12.2 Å². The maximum absolute atomic E-state index is 8.67. The Labute approximate surface area is 124 Å². The molecule has 0 radical (unpaired) electrons. The summed E-state index contributed by atoms with van der Waals surface area (Å²) in [7, 11) is 0. The molecule has 0 spiro atoms. The van der Waals surface area contributed by atoms with Crippen LogP contribution < -0.4 is 10.6 Å². The van der Waals surface area contributed by atoms with Crippen LogP contribution in [0.3, 0.4) is 0 Å². The summed E-state index contributed by atoms with van der Waals surface area (Å²) in [6.45, 7) is 3.09. The minimum absolute atomic E-state index is 0.0152. The van der Waals surface area contributed by atoms with Crippen LogP contribution in [0.1, 0.15) is 25.5 Å². The minimum Gasteiger partial charge on any atom is -0.409 e. The number of hydrogen-bond donors (Lipinski definition) is 2. The number of rotatable bonds is 6. The largest absolute Gasteiger partial charge is 0.409 e. The molecule has 0 fully saturated rings. The number of anilines is 2. The molecule has 0 amide bonds. The number of para-hydroxylation sites is 1. The van der Waals surface area contributed by atoms with E-state index in [0.717, 1.165) is 30.8 Å². The molecule has 5 nitrogen and oxygen atoms in total. The lowest BCUT2D eigenvalue weighted by atomic mass is 10.2. The number of oxime groups is 1. The molecule has 0 unspecified atom stereocenters. The number of hydrogen-bond acceptors (Lipinski definition) is 4. The number of nitrogens with zero attached hydrogens (tertiary/aromatic N) is 3. The van der Waals surface area contributed by atoms with Crippen molar-refractivity contribution in [3.05, 3.63) is 54.4 Å². The highest BCUT2D eigenvalue weighted by atomic mass is 16.4. The van der Waals surface area contributed by atoms with E-state index in [-0.39, 0.29) is 5.84 Å². The minimum atomic E-state index is 0.0152. The lowest BCUT2D eigenvalue weighted by molar-refractivity contribution is 0.318. The Kier molecular flexibility index (Phi) is 5.15. The lowest BCUT2D eigenvalue weighted by Crippen LogP contribution is -2.19. The molecule has 1 aromatic carbocycles. The van der Waals surface area contributed by atoms with Gasteiger partial charge in [0.15, 0.2) is 5.84 Å². The molecule has 3 N–H and O–H groups in total. The molecule has 5 heteroatoms. The van der Waals surface area contributed by atoms with Gasteiger partial charge in [-0.2, -0.15) is 0 Å². The SMILES string of the molecule is CCCCN(c1ccccc1)c1ccc(/C(N)=N/O)nc1. The number of nitrogens with two attached hydrogens (primary N) is 1. The Hall–Kier alpha value is -2.56. The first-order valence-corrected chi connectivity index (χ1v) is 7.02. The van der Waals surface area contributed by atoms with Gasteiger partial charge in [0.05, 0.1) is 11.9 Å². The maximum atomic E-state index is 8.67. The smallest absolute Gasteiger partial charge is 0.188 e. The molecule has 110 valence electrons. The number of unbranched alkanes of at least 4 members (excludes halogenated alkanes) is 1. The normalized spacial score (nSPS) is 11.4. The lowest BCUT2D eigenvalue weighted by Gasteiger charge is -2.24. The summed E-state index contributed by atoms with van der Waals surface area (Å²) in [4.78, 5) is 6.46. The molecule has 1 heterocycles. The number of amidine groups is 1. The zero-order chi connectivity index (χ0) is 15.1. The van der Waals surface area contributed by atoms with Crippen molar-refractivity contribution in [2.45, 2.75) is 19.8 Å². The zero-order valence-corrected chi connectivity index (χ0v) is 12.1. The van der Waals surface area contributed by atoms with Crippen molar-refractivity contribution in [3.63, 3.8) is 0 Å². The highest BCUT2D eigenvalue weighted by molar-refractivity contribution is 5.95. The molecule has 21 heavy (non-hydrogen) atoms. The van der Waals surface area contributed by atoms with Gasteiger partial charge in [-0.05, 0) is 30.7 Å². The van der Waals surface area contributed by atoms with Gasteiger partial charge >= 0.3 is 0 Å². The quantitative estimate of drug-likeness (QED) is 0.370. The van der Waals surface area contributed by atoms with Crippen LogP contribution in [0.4, 0.5) is 11.4 Å². The van der Waals surface area contributed by atoms with Crippen molar-refractivity contribution in [2.24, 2.45) is 10.9 Å². The van der Waals surface area contributed by atoms with E-state index < -0.39 is 0 Å². The molecule has 0 aliphatic heterocycles. The van der Waals surface area contributed by atoms with E-state index in [9.17, 15) is 0 Å². The number of benzene rings is 1. The molecular weight excluding hydrogens is 264 g/mol. The predicted octanol–water partition coefficient (Wildman–Crippen LogP) is 3.11. The summed E-state index contributed by atoms with van der Waals surface area (Å²) < 4.78 is 0. The van der Waals surface area contributed by atoms with Gasteiger partial charge in [-0.1, -0.05) is 36.7 Å². The van der Waals surface area contributed by atoms with Crippen molar-refractivity contribution in [3.8, 4) is 0 Å². The highest BCUT2D eigenvalue weighted by Gasteiger charge is 2.10. The second-order valence-corrected chi connectivity index (χ2v) is 4.73. The summed E-state index contributed by atoms with van der Waals surface area (Å²) in [5.41, 5.74) is 8.12. The van der Waals surface area contributed by atoms with E-state index in [4.69, 9.17) is 10.9 Å². The fourth-order valence-corrected chi connectivity index (χ4v) is 2.08. The van der Waals surface area contributed by atoms with Crippen LogP contribution in [0, 0.1) is 0 Å². The van der Waals surface area contributed by atoms with Gasteiger partial charge in [0.1, 0.15) is 5.69 Å². The van der Waals surface area contributed by atoms with E-state index in [1.807, 2.05) is 24.3 Å². The maximum Gasteiger partial charge on any atom is 0.188 e. The summed E-state index contributed by atoms with van der Waals surface area (Å²) >= 11 is 0. The van der Waals surface area contributed by atoms with E-state index in [1.54, 1.807) is 12.3 Å². The number of pyridine rings is 1. The van der Waals surface area contributed by atoms with Gasteiger partial charge in [-0.3, -0.25) is 4.98 Å². The second-order valence-electron chi connectivity index (χ2n) is 4.73. The van der Waals surface area contributed by atoms with Crippen LogP contribution in [0.2, 0.25) is 0 Å². The third kappa shape index (κ3) is 3.72. The predicted molar refractivity (Wildman–Crippen MR) is 85.1 cm³/mol. The summed E-state index contributed by atoms with van der Waals surface area (Å²) in [5, 5.41) is 11.6. The van der Waals surface area contributed by atoms with Gasteiger partial charge in [-0.15, -0.1) is 0 Å². The second kappa shape index (κ2) is 7.28. The molecule has 0 saturated carbocycles. The third-order valence-corrected chi connectivity index (χ3v) is 3.23. The molecule has 0 saturated heterocycles. The van der Waals surface area contributed by atoms with Gasteiger partial charge in [-0.25, -0.2) is 0 Å². The van der Waals surface area contributed by atoms with Gasteiger partial charge in [0.2, 0.25) is 0 Å². The molecule has 0 aliphatic rings. The molecule has 1 aromatic heterocycles. The Balaban J connectivity index is 2.28. The van der Waals surface area contributed by atoms with Gasteiger partial charge < -0.3 is 15.8 Å². The molecular formula is C16H20N4O. The van der Waals surface area contributed by atoms with Gasteiger partial charge in [0.25, 0.3) is 0 Å². The number of aromatic nitrogens is 1. The molecule has 0 bridgehead atoms. The van der Waals surface area contributed by atoms with Crippen LogP contribution in [0.5, 0.6) is 0 Å². The Bertz CT molecular complexity index is 581. The third-order valence-electron chi connectivity index (χ3n) is 3.23. The Morgan fingerprint density at radius 3 is 2.52 bits per heavy atom. The fraction of sp³-hybridized carbons (Fsp3) is 0.250. The van der Waals surface area contributed by atoms with E-state index in [1.165, 1.54) is 0 Å². The standard InChI is InChI=1S/C16H20N4O/c1-2-3-11-20(13-7-5-4-6-8-13)14-9-10-15(18-12-14)16(17)19-21/h4-10,12,21H,2-3,11H2,1H3,(H2,17,19). The van der Waals surface area contributed by atoms with Crippen molar-refractivity contribution < 1.29 is 5.21 Å². The molecule has 0 aliphatic carbocycles. The first-order chi connectivity index (χ1) is 10.3. The van der Waals surface area contributed by atoms with Crippen molar-refractivity contribution in [1.29, 1.82) is 0 Å². The summed E-state index contributed by atoms with van der Waals surface area (Å²) in [5.74, 6) is 0.0152. The van der Waals surface area contributed by atoms with Crippen LogP contribution in [0.15, 0.2) is 53.8 Å². The molecule has 0 atom stereocenters. The van der Waals surface area contributed by atoms with Crippen molar-refractivity contribution >= 4 is 17.2 Å². The fourth-order valence-electron chi connectivity index (χ4n) is 2.08. The summed E-state index contributed by atoms with van der Waals surface area (Å²) in [6.07, 6.45) is 3.96. The van der Waals surface area contributed by atoms with Crippen LogP contribution in [0.25, 0.3) is 0 Å². The molecule has 2 aromatic rings. The van der Waals surface area contributed by atoms with E-state index in [0.29, 0.717) is 5.69 Å². The zero-order valence-electron chi connectivity index (χ0n) is 12.1. The highest BCUT2D eigenvalue weighted by Crippen LogP contribution is 2.25. The monoisotopic (exact) mass is 284 g/mol. The van der Waals surface area contributed by atoms with Crippen LogP contribution in [-0.2, 0) is 0 Å². The van der Waals surface area contributed by atoms with Crippen LogP contribution >= 0.6 is 0 Å². The molecule has 2 rings (SSSR count). The topological polar surface area (TPSA) is 74.7 Å². The van der Waals surface area contributed by atoms with Crippen LogP contribution in [-0.4, -0.2) is 22.6 Å².